The van der Waals surface area contributed by atoms with Gasteiger partial charge in [0.15, 0.2) is 6.61 Å². The number of aliphatic carboxylic acids is 1. The molecule has 4 nitrogen and oxygen atoms in total. The lowest BCUT2D eigenvalue weighted by atomic mass is 9.92. The topological polar surface area (TPSA) is 55.8 Å². The molecule has 1 heterocycles. The molecule has 0 saturated carbocycles. The van der Waals surface area contributed by atoms with Crippen molar-refractivity contribution < 1.29 is 19.4 Å². The van der Waals surface area contributed by atoms with Gasteiger partial charge in [0.05, 0.1) is 0 Å². The maximum Gasteiger partial charge on any atom is 0.341 e. The Bertz CT molecular complexity index is 383. The average Bonchev–Trinajstić information content (AvgIpc) is 2.38. The predicted molar refractivity (Wildman–Crippen MR) is 62.4 cm³/mol. The minimum Gasteiger partial charge on any atom is -0.482 e. The molecule has 2 rings (SSSR count). The summed E-state index contributed by atoms with van der Waals surface area (Å²) in [6, 6.07) is 7.68. The van der Waals surface area contributed by atoms with Crippen molar-refractivity contribution >= 4 is 5.97 Å². The first-order valence-corrected chi connectivity index (χ1v) is 5.78. The molecule has 1 aromatic rings. The summed E-state index contributed by atoms with van der Waals surface area (Å²) in [7, 11) is 0. The zero-order valence-electron chi connectivity index (χ0n) is 9.59. The number of hydrogen-bond acceptors (Lipinski definition) is 3. The van der Waals surface area contributed by atoms with Crippen LogP contribution in [0.2, 0.25) is 0 Å². The van der Waals surface area contributed by atoms with Crippen molar-refractivity contribution in [3.63, 3.8) is 0 Å². The van der Waals surface area contributed by atoms with E-state index in [4.69, 9.17) is 14.6 Å². The van der Waals surface area contributed by atoms with Crippen LogP contribution in [0.15, 0.2) is 24.3 Å². The van der Waals surface area contributed by atoms with Crippen LogP contribution in [-0.4, -0.2) is 30.9 Å². The Kier molecular flexibility index (Phi) is 3.98. The first-order chi connectivity index (χ1) is 8.25. The van der Waals surface area contributed by atoms with Crippen LogP contribution in [0.25, 0.3) is 0 Å². The Balaban J connectivity index is 2.02. The zero-order valence-corrected chi connectivity index (χ0v) is 9.59. The highest BCUT2D eigenvalue weighted by Crippen LogP contribution is 2.28. The molecule has 0 bridgehead atoms. The van der Waals surface area contributed by atoms with Crippen molar-refractivity contribution in [3.8, 4) is 5.75 Å². The van der Waals surface area contributed by atoms with Gasteiger partial charge < -0.3 is 14.6 Å². The van der Waals surface area contributed by atoms with Crippen LogP contribution in [0.5, 0.6) is 5.75 Å². The zero-order chi connectivity index (χ0) is 12.1. The molecule has 1 saturated heterocycles. The standard InChI is InChI=1S/C13H16O4/c14-13(15)9-17-12-3-1-2-11(8-12)10-4-6-16-7-5-10/h1-3,8,10H,4-7,9H2,(H,14,15). The van der Waals surface area contributed by atoms with Crippen molar-refractivity contribution in [2.45, 2.75) is 18.8 Å². The van der Waals surface area contributed by atoms with Crippen LogP contribution in [0.1, 0.15) is 24.3 Å². The molecule has 4 heteroatoms. The molecule has 0 spiro atoms. The number of carbonyl (C=O) groups is 1. The number of hydrogen-bond donors (Lipinski definition) is 1. The molecule has 0 radical (unpaired) electrons. The minimum atomic E-state index is -0.957. The predicted octanol–water partition coefficient (Wildman–Crippen LogP) is 2.04. The summed E-state index contributed by atoms with van der Waals surface area (Å²) < 4.78 is 10.5. The summed E-state index contributed by atoms with van der Waals surface area (Å²) in [5.74, 6) is 0.162. The van der Waals surface area contributed by atoms with E-state index < -0.39 is 5.97 Å². The average molecular weight is 236 g/mol. The van der Waals surface area contributed by atoms with Gasteiger partial charge in [-0.15, -0.1) is 0 Å². The van der Waals surface area contributed by atoms with Gasteiger partial charge in [-0.2, -0.15) is 0 Å². The highest BCUT2D eigenvalue weighted by atomic mass is 16.5. The summed E-state index contributed by atoms with van der Waals surface area (Å²) in [5.41, 5.74) is 1.20. The van der Waals surface area contributed by atoms with E-state index >= 15 is 0 Å². The first kappa shape index (κ1) is 11.9. The van der Waals surface area contributed by atoms with Crippen LogP contribution in [-0.2, 0) is 9.53 Å². The molecular weight excluding hydrogens is 220 g/mol. The second kappa shape index (κ2) is 5.68. The van der Waals surface area contributed by atoms with E-state index in [2.05, 4.69) is 6.07 Å². The van der Waals surface area contributed by atoms with Crippen molar-refractivity contribution in [3.05, 3.63) is 29.8 Å². The van der Waals surface area contributed by atoms with E-state index in [0.29, 0.717) is 11.7 Å². The molecule has 1 fully saturated rings. The number of benzene rings is 1. The van der Waals surface area contributed by atoms with E-state index in [1.807, 2.05) is 12.1 Å². The Morgan fingerprint density at radius 3 is 2.88 bits per heavy atom. The van der Waals surface area contributed by atoms with Gasteiger partial charge in [0.25, 0.3) is 0 Å². The van der Waals surface area contributed by atoms with Crippen molar-refractivity contribution in [2.75, 3.05) is 19.8 Å². The maximum atomic E-state index is 10.4. The Morgan fingerprint density at radius 1 is 1.41 bits per heavy atom. The van der Waals surface area contributed by atoms with Gasteiger partial charge in [-0.25, -0.2) is 4.79 Å². The van der Waals surface area contributed by atoms with Gasteiger partial charge in [-0.3, -0.25) is 0 Å². The van der Waals surface area contributed by atoms with Crippen LogP contribution < -0.4 is 4.74 Å². The lowest BCUT2D eigenvalue weighted by molar-refractivity contribution is -0.139. The summed E-state index contributed by atoms with van der Waals surface area (Å²) >= 11 is 0. The number of carboxylic acid groups (broad SMARTS) is 1. The van der Waals surface area contributed by atoms with Crippen LogP contribution in [0, 0.1) is 0 Å². The van der Waals surface area contributed by atoms with Crippen LogP contribution in [0.3, 0.4) is 0 Å². The van der Waals surface area contributed by atoms with E-state index in [9.17, 15) is 4.79 Å². The smallest absolute Gasteiger partial charge is 0.341 e. The Labute approximate surface area is 100 Å². The molecule has 1 aliphatic rings. The Morgan fingerprint density at radius 2 is 2.18 bits per heavy atom. The van der Waals surface area contributed by atoms with Gasteiger partial charge in [0, 0.05) is 13.2 Å². The summed E-state index contributed by atoms with van der Waals surface area (Å²) in [6.07, 6.45) is 2.03. The second-order valence-electron chi connectivity index (χ2n) is 4.14. The van der Waals surface area contributed by atoms with Crippen LogP contribution in [0.4, 0.5) is 0 Å². The van der Waals surface area contributed by atoms with Gasteiger partial charge in [-0.1, -0.05) is 12.1 Å². The van der Waals surface area contributed by atoms with Gasteiger partial charge in [0.1, 0.15) is 5.75 Å². The fourth-order valence-corrected chi connectivity index (χ4v) is 2.03. The molecule has 92 valence electrons. The molecule has 0 amide bonds. The second-order valence-corrected chi connectivity index (χ2v) is 4.14. The molecule has 0 atom stereocenters. The molecule has 1 aliphatic heterocycles. The van der Waals surface area contributed by atoms with Gasteiger partial charge in [0.2, 0.25) is 0 Å². The number of ether oxygens (including phenoxy) is 2. The first-order valence-electron chi connectivity index (χ1n) is 5.78. The maximum absolute atomic E-state index is 10.4. The van der Waals surface area contributed by atoms with Gasteiger partial charge in [-0.05, 0) is 36.5 Å². The summed E-state index contributed by atoms with van der Waals surface area (Å²) in [4.78, 5) is 10.4. The van der Waals surface area contributed by atoms with Gasteiger partial charge >= 0.3 is 5.97 Å². The third kappa shape index (κ3) is 3.46. The third-order valence-electron chi connectivity index (χ3n) is 2.91. The third-order valence-corrected chi connectivity index (χ3v) is 2.91. The van der Waals surface area contributed by atoms with E-state index in [0.717, 1.165) is 26.1 Å². The van der Waals surface area contributed by atoms with Crippen molar-refractivity contribution in [1.82, 2.24) is 0 Å². The minimum absolute atomic E-state index is 0.294. The highest BCUT2D eigenvalue weighted by Gasteiger charge is 2.16. The molecule has 0 unspecified atom stereocenters. The number of carboxylic acids is 1. The van der Waals surface area contributed by atoms with Crippen molar-refractivity contribution in [2.24, 2.45) is 0 Å². The highest BCUT2D eigenvalue weighted by molar-refractivity contribution is 5.68. The van der Waals surface area contributed by atoms with Crippen molar-refractivity contribution in [1.29, 1.82) is 0 Å². The SMILES string of the molecule is O=C(O)COc1cccc(C2CCOCC2)c1. The van der Waals surface area contributed by atoms with E-state index in [1.165, 1.54) is 5.56 Å². The molecule has 1 aromatic carbocycles. The Hall–Kier alpha value is -1.55. The molecule has 1 N–H and O–H groups in total. The van der Waals surface area contributed by atoms with E-state index in [-0.39, 0.29) is 6.61 Å². The lowest BCUT2D eigenvalue weighted by Crippen LogP contribution is -2.14. The largest absolute Gasteiger partial charge is 0.482 e. The molecule has 0 aromatic heterocycles. The molecular formula is C13H16O4. The summed E-state index contributed by atoms with van der Waals surface area (Å²) in [6.45, 7) is 1.30. The summed E-state index contributed by atoms with van der Waals surface area (Å²) in [5, 5.41) is 8.55. The monoisotopic (exact) mass is 236 g/mol. The van der Waals surface area contributed by atoms with E-state index in [1.54, 1.807) is 6.07 Å². The fraction of sp³-hybridized carbons (Fsp3) is 0.462. The van der Waals surface area contributed by atoms with Crippen LogP contribution >= 0.6 is 0 Å². The number of rotatable bonds is 4. The quantitative estimate of drug-likeness (QED) is 0.869. The molecule has 17 heavy (non-hydrogen) atoms. The fourth-order valence-electron chi connectivity index (χ4n) is 2.03. The normalized spacial score (nSPS) is 16.7. The lowest BCUT2D eigenvalue weighted by Gasteiger charge is -2.22. The molecule has 0 aliphatic carbocycles.